The number of likely N-dealkylation sites (N-methyl/N-ethyl adjacent to an activating group) is 1. The second-order valence-electron chi connectivity index (χ2n) is 7.60. The summed E-state index contributed by atoms with van der Waals surface area (Å²) in [6, 6.07) is 12.8. The lowest BCUT2D eigenvalue weighted by atomic mass is 10.1. The van der Waals surface area contributed by atoms with Gasteiger partial charge in [-0.3, -0.25) is 9.80 Å². The molecule has 0 saturated carbocycles. The molecular weight excluding hydrogens is 369 g/mol. The highest BCUT2D eigenvalue weighted by atomic mass is 19.1. The molecular formula is C22H22FN5O. The molecule has 6 nitrogen and oxygen atoms in total. The third-order valence-electron chi connectivity index (χ3n) is 5.63. The van der Waals surface area contributed by atoms with E-state index in [1.165, 1.54) is 17.7 Å². The molecule has 0 aliphatic carbocycles. The number of piperazine rings is 1. The molecule has 148 valence electrons. The molecule has 4 aromatic rings. The van der Waals surface area contributed by atoms with Gasteiger partial charge in [0, 0.05) is 43.5 Å². The number of pyridine rings is 1. The predicted molar refractivity (Wildman–Crippen MR) is 108 cm³/mol. The Labute approximate surface area is 168 Å². The Morgan fingerprint density at radius 3 is 2.90 bits per heavy atom. The fourth-order valence-corrected chi connectivity index (χ4v) is 4.00. The van der Waals surface area contributed by atoms with Crippen molar-refractivity contribution in [3.8, 4) is 11.1 Å². The van der Waals surface area contributed by atoms with Gasteiger partial charge in [0.1, 0.15) is 11.5 Å². The van der Waals surface area contributed by atoms with Crippen molar-refractivity contribution in [2.45, 2.75) is 12.6 Å². The zero-order valence-corrected chi connectivity index (χ0v) is 16.2. The van der Waals surface area contributed by atoms with E-state index in [9.17, 15) is 4.39 Å². The van der Waals surface area contributed by atoms with Gasteiger partial charge in [0.15, 0.2) is 0 Å². The first kappa shape index (κ1) is 18.0. The van der Waals surface area contributed by atoms with Crippen LogP contribution in [0.15, 0.2) is 65.6 Å². The maximum Gasteiger partial charge on any atom is 0.123 e. The largest absolute Gasteiger partial charge is 0.472 e. The first-order chi connectivity index (χ1) is 14.2. The lowest BCUT2D eigenvalue weighted by Crippen LogP contribution is -2.46. The van der Waals surface area contributed by atoms with Gasteiger partial charge in [0.05, 0.1) is 24.1 Å². The van der Waals surface area contributed by atoms with E-state index in [2.05, 4.69) is 27.2 Å². The van der Waals surface area contributed by atoms with Gasteiger partial charge in [0.2, 0.25) is 0 Å². The van der Waals surface area contributed by atoms with Crippen LogP contribution in [0.1, 0.15) is 17.3 Å². The highest BCUT2D eigenvalue weighted by Crippen LogP contribution is 2.28. The Hall–Kier alpha value is -3.03. The molecule has 0 amide bonds. The van der Waals surface area contributed by atoms with E-state index in [4.69, 9.17) is 4.42 Å². The maximum atomic E-state index is 13.6. The molecule has 1 fully saturated rings. The van der Waals surface area contributed by atoms with E-state index in [0.717, 1.165) is 48.5 Å². The number of rotatable bonds is 4. The molecule has 4 heterocycles. The molecule has 0 N–H and O–H groups in total. The number of nitrogens with zero attached hydrogens (tertiary/aromatic N) is 5. The maximum absolute atomic E-state index is 13.6. The highest BCUT2D eigenvalue weighted by molar-refractivity contribution is 5.66. The number of aromatic nitrogens is 3. The molecule has 0 spiro atoms. The molecule has 1 aromatic carbocycles. The van der Waals surface area contributed by atoms with Crippen LogP contribution in [-0.2, 0) is 6.54 Å². The van der Waals surface area contributed by atoms with Crippen molar-refractivity contribution in [2.75, 3.05) is 26.7 Å². The quantitative estimate of drug-likeness (QED) is 0.532. The zero-order chi connectivity index (χ0) is 19.8. The fourth-order valence-electron chi connectivity index (χ4n) is 4.00. The third-order valence-corrected chi connectivity index (χ3v) is 5.63. The molecule has 1 saturated heterocycles. The van der Waals surface area contributed by atoms with Crippen LogP contribution in [0, 0.1) is 5.82 Å². The minimum atomic E-state index is -0.247. The highest BCUT2D eigenvalue weighted by Gasteiger charge is 2.29. The molecule has 1 atom stereocenters. The van der Waals surface area contributed by atoms with E-state index in [-0.39, 0.29) is 11.9 Å². The van der Waals surface area contributed by atoms with Crippen LogP contribution < -0.4 is 0 Å². The van der Waals surface area contributed by atoms with Crippen LogP contribution in [0.25, 0.3) is 16.6 Å². The van der Waals surface area contributed by atoms with Gasteiger partial charge in [-0.2, -0.15) is 0 Å². The second-order valence-corrected chi connectivity index (χ2v) is 7.60. The topological polar surface area (TPSA) is 49.8 Å². The van der Waals surface area contributed by atoms with Gasteiger partial charge >= 0.3 is 0 Å². The summed E-state index contributed by atoms with van der Waals surface area (Å²) >= 11 is 0. The van der Waals surface area contributed by atoms with Crippen molar-refractivity contribution in [1.82, 2.24) is 24.6 Å². The summed E-state index contributed by atoms with van der Waals surface area (Å²) in [6.45, 7) is 3.70. The summed E-state index contributed by atoms with van der Waals surface area (Å²) in [6.07, 6.45) is 5.42. The minimum absolute atomic E-state index is 0.160. The summed E-state index contributed by atoms with van der Waals surface area (Å²) in [7, 11) is 2.13. The summed E-state index contributed by atoms with van der Waals surface area (Å²) < 4.78 is 20.6. The van der Waals surface area contributed by atoms with Crippen molar-refractivity contribution < 1.29 is 8.81 Å². The van der Waals surface area contributed by atoms with Crippen molar-refractivity contribution in [3.63, 3.8) is 0 Å². The molecule has 0 radical (unpaired) electrons. The lowest BCUT2D eigenvalue weighted by molar-refractivity contribution is 0.0888. The van der Waals surface area contributed by atoms with E-state index in [0.29, 0.717) is 0 Å². The molecule has 0 bridgehead atoms. The summed E-state index contributed by atoms with van der Waals surface area (Å²) in [5, 5.41) is 8.86. The molecule has 5 rings (SSSR count). The molecule has 0 unspecified atom stereocenters. The molecule has 29 heavy (non-hydrogen) atoms. The van der Waals surface area contributed by atoms with Crippen molar-refractivity contribution >= 4 is 5.52 Å². The number of hydrogen-bond acceptors (Lipinski definition) is 5. The SMILES string of the molecule is CN1CCN(Cc2ccoc2)C[C@H]1c1nnn2cc(-c3cccc(F)c3)ccc12. The standard InChI is InChI=1S/C22H22FN5O/c1-26-8-9-27(12-16-7-10-29-15-16)14-21(26)22-20-6-5-18(13-28(20)25-24-22)17-3-2-4-19(23)11-17/h2-7,10-11,13,15,21H,8-9,12,14H2,1H3/t21-/m0/s1. The van der Waals surface area contributed by atoms with Crippen LogP contribution >= 0.6 is 0 Å². The van der Waals surface area contributed by atoms with E-state index >= 15 is 0 Å². The molecule has 1 aliphatic heterocycles. The van der Waals surface area contributed by atoms with Gasteiger partial charge in [-0.05, 0) is 36.9 Å². The number of fused-ring (bicyclic) bond motifs is 1. The number of furan rings is 1. The van der Waals surface area contributed by atoms with E-state index in [1.807, 2.05) is 30.5 Å². The van der Waals surface area contributed by atoms with Gasteiger partial charge in [-0.25, -0.2) is 8.91 Å². The van der Waals surface area contributed by atoms with Gasteiger partial charge in [-0.15, -0.1) is 5.10 Å². The Bertz CT molecular complexity index is 1120. The van der Waals surface area contributed by atoms with E-state index in [1.54, 1.807) is 23.1 Å². The summed E-state index contributed by atoms with van der Waals surface area (Å²) in [4.78, 5) is 4.75. The fraction of sp³-hybridized carbons (Fsp3) is 0.273. The van der Waals surface area contributed by atoms with Crippen LogP contribution in [0.2, 0.25) is 0 Å². The molecule has 3 aromatic heterocycles. The van der Waals surface area contributed by atoms with Gasteiger partial charge in [0.25, 0.3) is 0 Å². The van der Waals surface area contributed by atoms with E-state index < -0.39 is 0 Å². The van der Waals surface area contributed by atoms with Crippen LogP contribution in [0.5, 0.6) is 0 Å². The Morgan fingerprint density at radius 2 is 2.07 bits per heavy atom. The zero-order valence-electron chi connectivity index (χ0n) is 16.2. The second kappa shape index (κ2) is 7.42. The normalized spacial score (nSPS) is 18.5. The minimum Gasteiger partial charge on any atom is -0.472 e. The Morgan fingerprint density at radius 1 is 1.14 bits per heavy atom. The number of hydrogen-bond donors (Lipinski definition) is 0. The van der Waals surface area contributed by atoms with Crippen molar-refractivity contribution in [3.05, 3.63) is 78.3 Å². The average molecular weight is 391 g/mol. The monoisotopic (exact) mass is 391 g/mol. The first-order valence-electron chi connectivity index (χ1n) is 9.72. The van der Waals surface area contributed by atoms with Crippen LogP contribution in [0.4, 0.5) is 4.39 Å². The smallest absolute Gasteiger partial charge is 0.123 e. The van der Waals surface area contributed by atoms with Crippen molar-refractivity contribution in [1.29, 1.82) is 0 Å². The number of benzene rings is 1. The summed E-state index contributed by atoms with van der Waals surface area (Å²) in [5.41, 5.74) is 4.86. The van der Waals surface area contributed by atoms with Crippen molar-refractivity contribution in [2.24, 2.45) is 0 Å². The molecule has 7 heteroatoms. The van der Waals surface area contributed by atoms with Crippen LogP contribution in [0.3, 0.4) is 0 Å². The number of halogens is 1. The van der Waals surface area contributed by atoms with Gasteiger partial charge < -0.3 is 4.42 Å². The Kier molecular flexibility index (Phi) is 4.61. The Balaban J connectivity index is 1.43. The predicted octanol–water partition coefficient (Wildman–Crippen LogP) is 3.62. The lowest BCUT2D eigenvalue weighted by Gasteiger charge is -2.38. The average Bonchev–Trinajstić information content (AvgIpc) is 3.39. The van der Waals surface area contributed by atoms with Gasteiger partial charge in [-0.1, -0.05) is 23.4 Å². The third kappa shape index (κ3) is 3.54. The van der Waals surface area contributed by atoms with Crippen LogP contribution in [-0.4, -0.2) is 51.3 Å². The first-order valence-corrected chi connectivity index (χ1v) is 9.72. The summed E-state index contributed by atoms with van der Waals surface area (Å²) in [5.74, 6) is -0.247. The molecule has 1 aliphatic rings.